The highest BCUT2D eigenvalue weighted by Crippen LogP contribution is 2.10. The molecule has 1 N–H and O–H groups in total. The van der Waals surface area contributed by atoms with Gasteiger partial charge in [-0.3, -0.25) is 0 Å². The molecule has 4 heteroatoms. The quantitative estimate of drug-likeness (QED) is 0.615. The van der Waals surface area contributed by atoms with Crippen LogP contribution in [0.15, 0.2) is 17.6 Å². The summed E-state index contributed by atoms with van der Waals surface area (Å²) in [6, 6.07) is 0.152. The Bertz CT molecular complexity index is 344. The molecule has 0 heterocycles. The highest BCUT2D eigenvalue weighted by molar-refractivity contribution is 5.68. The lowest BCUT2D eigenvalue weighted by Crippen LogP contribution is -2.41. The molecule has 1 amide bonds. The summed E-state index contributed by atoms with van der Waals surface area (Å²) in [5, 5.41) is 9.78. The first-order valence-corrected chi connectivity index (χ1v) is 6.77. The van der Waals surface area contributed by atoms with Gasteiger partial charge in [-0.1, -0.05) is 19.6 Å². The molecular formula is C15H27NO3. The molecule has 19 heavy (non-hydrogen) atoms. The predicted octanol–water partition coefficient (Wildman–Crippen LogP) is 3.32. The molecule has 1 atom stereocenters. The fourth-order valence-electron chi connectivity index (χ4n) is 1.84. The second kappa shape index (κ2) is 8.03. The third kappa shape index (κ3) is 5.95. The van der Waals surface area contributed by atoms with Gasteiger partial charge in [0.15, 0.2) is 0 Å². The molecule has 0 bridgehead atoms. The molecule has 110 valence electrons. The second-order valence-corrected chi connectivity index (χ2v) is 5.61. The van der Waals surface area contributed by atoms with Crippen LogP contribution in [0.4, 0.5) is 4.79 Å². The number of amides is 1. The van der Waals surface area contributed by atoms with Gasteiger partial charge in [0.1, 0.15) is 6.26 Å². The van der Waals surface area contributed by atoms with E-state index in [1.807, 2.05) is 41.5 Å². The van der Waals surface area contributed by atoms with Crippen LogP contribution in [0.1, 0.15) is 48.5 Å². The van der Waals surface area contributed by atoms with Gasteiger partial charge < -0.3 is 14.7 Å². The largest absolute Gasteiger partial charge is 0.415 e. The van der Waals surface area contributed by atoms with Gasteiger partial charge in [-0.15, -0.1) is 0 Å². The third-order valence-corrected chi connectivity index (χ3v) is 2.84. The van der Waals surface area contributed by atoms with Gasteiger partial charge in [-0.25, -0.2) is 4.79 Å². The van der Waals surface area contributed by atoms with E-state index in [0.29, 0.717) is 5.57 Å². The fourth-order valence-corrected chi connectivity index (χ4v) is 1.84. The molecule has 0 aliphatic rings. The monoisotopic (exact) mass is 269 g/mol. The summed E-state index contributed by atoms with van der Waals surface area (Å²) in [5.41, 5.74) is 3.46. The fraction of sp³-hybridized carbons (Fsp3) is 0.733. The van der Waals surface area contributed by atoms with Crippen molar-refractivity contribution in [1.82, 2.24) is 4.90 Å². The van der Waals surface area contributed by atoms with E-state index < -0.39 is 12.2 Å². The SMILES string of the molecule is CC(=C=COC(=O)N(C(C)C)C(C)C)[C@H](O)C(C)C. The number of carbonyl (C=O) groups excluding carboxylic acids is 1. The van der Waals surface area contributed by atoms with E-state index in [0.717, 1.165) is 0 Å². The first-order chi connectivity index (χ1) is 8.68. The van der Waals surface area contributed by atoms with Crippen molar-refractivity contribution in [1.29, 1.82) is 0 Å². The number of aliphatic hydroxyl groups is 1. The molecule has 0 aromatic carbocycles. The Labute approximate surface area is 116 Å². The lowest BCUT2D eigenvalue weighted by molar-refractivity contribution is 0.109. The van der Waals surface area contributed by atoms with Crippen molar-refractivity contribution in [2.24, 2.45) is 5.92 Å². The van der Waals surface area contributed by atoms with Crippen molar-refractivity contribution in [3.63, 3.8) is 0 Å². The zero-order valence-corrected chi connectivity index (χ0v) is 13.1. The first-order valence-electron chi connectivity index (χ1n) is 6.77. The Morgan fingerprint density at radius 3 is 2.00 bits per heavy atom. The van der Waals surface area contributed by atoms with Gasteiger partial charge in [0.05, 0.1) is 6.10 Å². The van der Waals surface area contributed by atoms with Gasteiger partial charge in [0.2, 0.25) is 0 Å². The molecule has 0 radical (unpaired) electrons. The van der Waals surface area contributed by atoms with E-state index >= 15 is 0 Å². The number of hydrogen-bond acceptors (Lipinski definition) is 3. The van der Waals surface area contributed by atoms with Gasteiger partial charge in [0, 0.05) is 17.7 Å². The van der Waals surface area contributed by atoms with E-state index in [2.05, 4.69) is 5.73 Å². The summed E-state index contributed by atoms with van der Waals surface area (Å²) >= 11 is 0. The molecule has 4 nitrogen and oxygen atoms in total. The van der Waals surface area contributed by atoms with E-state index in [1.165, 1.54) is 6.26 Å². The maximum atomic E-state index is 11.9. The number of aliphatic hydroxyl groups excluding tert-OH is 1. The maximum Gasteiger partial charge on any atom is 0.415 e. The van der Waals surface area contributed by atoms with Gasteiger partial charge in [-0.05, 0) is 40.5 Å². The van der Waals surface area contributed by atoms with Crippen LogP contribution in [-0.4, -0.2) is 34.3 Å². The molecule has 0 aliphatic heterocycles. The van der Waals surface area contributed by atoms with Crippen LogP contribution < -0.4 is 0 Å². The highest BCUT2D eigenvalue weighted by atomic mass is 16.5. The van der Waals surface area contributed by atoms with Crippen molar-refractivity contribution in [3.05, 3.63) is 17.6 Å². The van der Waals surface area contributed by atoms with Crippen LogP contribution in [0.5, 0.6) is 0 Å². The minimum absolute atomic E-state index is 0.0761. The number of rotatable bonds is 5. The normalized spacial score (nSPS) is 12.4. The van der Waals surface area contributed by atoms with E-state index in [-0.39, 0.29) is 18.0 Å². The lowest BCUT2D eigenvalue weighted by Gasteiger charge is -2.28. The van der Waals surface area contributed by atoms with Gasteiger partial charge >= 0.3 is 6.09 Å². The Balaban J connectivity index is 4.71. The number of nitrogens with zero attached hydrogens (tertiary/aromatic N) is 1. The topological polar surface area (TPSA) is 49.8 Å². The second-order valence-electron chi connectivity index (χ2n) is 5.61. The molecule has 0 aromatic heterocycles. The van der Waals surface area contributed by atoms with Crippen LogP contribution in [0.3, 0.4) is 0 Å². The first kappa shape index (κ1) is 17.8. The average molecular weight is 269 g/mol. The molecule has 0 saturated heterocycles. The summed E-state index contributed by atoms with van der Waals surface area (Å²) in [6.07, 6.45) is 0.256. The summed E-state index contributed by atoms with van der Waals surface area (Å²) in [6.45, 7) is 13.4. The Morgan fingerprint density at radius 1 is 1.16 bits per heavy atom. The Hall–Kier alpha value is -1.25. The van der Waals surface area contributed by atoms with Crippen LogP contribution >= 0.6 is 0 Å². The van der Waals surface area contributed by atoms with Crippen molar-refractivity contribution >= 4 is 6.09 Å². The molecule has 0 saturated carbocycles. The molecular weight excluding hydrogens is 242 g/mol. The van der Waals surface area contributed by atoms with Crippen molar-refractivity contribution in [2.75, 3.05) is 0 Å². The van der Waals surface area contributed by atoms with E-state index in [9.17, 15) is 9.90 Å². The zero-order valence-electron chi connectivity index (χ0n) is 13.1. The van der Waals surface area contributed by atoms with Crippen molar-refractivity contribution in [2.45, 2.75) is 66.7 Å². The van der Waals surface area contributed by atoms with Crippen LogP contribution in [0, 0.1) is 5.92 Å². The molecule has 0 fully saturated rings. The smallest absolute Gasteiger partial charge is 0.410 e. The van der Waals surface area contributed by atoms with Crippen LogP contribution in [0.2, 0.25) is 0 Å². The summed E-state index contributed by atoms with van der Waals surface area (Å²) < 4.78 is 5.05. The molecule has 0 aliphatic carbocycles. The van der Waals surface area contributed by atoms with Crippen LogP contribution in [0.25, 0.3) is 0 Å². The minimum Gasteiger partial charge on any atom is -0.410 e. The maximum absolute atomic E-state index is 11.9. The highest BCUT2D eigenvalue weighted by Gasteiger charge is 2.20. The Morgan fingerprint density at radius 2 is 1.63 bits per heavy atom. The number of hydrogen-bond donors (Lipinski definition) is 1. The Kier molecular flexibility index (Phi) is 7.50. The lowest BCUT2D eigenvalue weighted by atomic mass is 10.0. The summed E-state index contributed by atoms with van der Waals surface area (Å²) in [4.78, 5) is 13.5. The minimum atomic E-state index is -0.568. The van der Waals surface area contributed by atoms with Gasteiger partial charge in [0.25, 0.3) is 0 Å². The predicted molar refractivity (Wildman–Crippen MR) is 76.7 cm³/mol. The standard InChI is InChI=1S/C15H27NO3/c1-10(2)14(17)13(7)8-9-19-15(18)16(11(3)4)12(5)6/h9-12,14,17H,1-7H3/t8?,14-/m1/s1. The molecule has 0 aromatic rings. The molecule has 0 spiro atoms. The third-order valence-electron chi connectivity index (χ3n) is 2.84. The van der Waals surface area contributed by atoms with E-state index in [4.69, 9.17) is 4.74 Å². The van der Waals surface area contributed by atoms with Gasteiger partial charge in [-0.2, -0.15) is 0 Å². The average Bonchev–Trinajstić information content (AvgIpc) is 2.26. The van der Waals surface area contributed by atoms with E-state index in [1.54, 1.807) is 11.8 Å². The van der Waals surface area contributed by atoms with Crippen molar-refractivity contribution in [3.8, 4) is 0 Å². The van der Waals surface area contributed by atoms with Crippen LogP contribution in [-0.2, 0) is 4.74 Å². The number of ether oxygens (including phenoxy) is 1. The van der Waals surface area contributed by atoms with Crippen molar-refractivity contribution < 1.29 is 14.6 Å². The number of carbonyl (C=O) groups is 1. The summed E-state index contributed by atoms with van der Waals surface area (Å²) in [5.74, 6) is 0.111. The molecule has 0 rings (SSSR count). The summed E-state index contributed by atoms with van der Waals surface area (Å²) in [7, 11) is 0. The zero-order chi connectivity index (χ0) is 15.2. The molecule has 0 unspecified atom stereocenters.